The summed E-state index contributed by atoms with van der Waals surface area (Å²) in [6, 6.07) is 14.3. The quantitative estimate of drug-likeness (QED) is 0.909. The Balaban J connectivity index is 2.21. The lowest BCUT2D eigenvalue weighted by atomic mass is 9.79. The Kier molecular flexibility index (Phi) is 2.92. The highest BCUT2D eigenvalue weighted by Gasteiger charge is 2.35. The monoisotopic (exact) mass is 266 g/mol. The first kappa shape index (κ1) is 12.6. The molecule has 0 aromatic heterocycles. The number of carbonyl (C=O) groups is 1. The number of carbonyl (C=O) groups excluding carboxylic acids is 1. The van der Waals surface area contributed by atoms with Crippen molar-refractivity contribution in [3.8, 4) is 5.75 Å². The Morgan fingerprint density at radius 1 is 1.10 bits per heavy atom. The van der Waals surface area contributed by atoms with E-state index >= 15 is 0 Å². The van der Waals surface area contributed by atoms with Gasteiger partial charge in [0, 0.05) is 11.1 Å². The molecule has 1 N–H and O–H groups in total. The summed E-state index contributed by atoms with van der Waals surface area (Å²) < 4.78 is 5.20. The normalized spacial score (nSPS) is 20.6. The van der Waals surface area contributed by atoms with E-state index in [0.29, 0.717) is 22.4 Å². The van der Waals surface area contributed by atoms with Crippen LogP contribution in [-0.4, -0.2) is 18.0 Å². The van der Waals surface area contributed by atoms with Crippen molar-refractivity contribution >= 4 is 5.78 Å². The second-order valence-electron chi connectivity index (χ2n) is 4.74. The number of ketones is 1. The molecular formula is C17H14O3. The summed E-state index contributed by atoms with van der Waals surface area (Å²) in [6.07, 6.45) is 2.95. The van der Waals surface area contributed by atoms with Crippen LogP contribution in [0.2, 0.25) is 0 Å². The molecule has 20 heavy (non-hydrogen) atoms. The van der Waals surface area contributed by atoms with Crippen LogP contribution < -0.4 is 4.74 Å². The third-order valence-corrected chi connectivity index (χ3v) is 3.59. The first-order chi connectivity index (χ1) is 9.65. The molecule has 0 radical (unpaired) electrons. The lowest BCUT2D eigenvalue weighted by molar-refractivity contribution is 0.0988. The van der Waals surface area contributed by atoms with Crippen molar-refractivity contribution in [1.82, 2.24) is 0 Å². The predicted molar refractivity (Wildman–Crippen MR) is 75.9 cm³/mol. The Hall–Kier alpha value is -2.39. The Bertz CT molecular complexity index is 703. The highest BCUT2D eigenvalue weighted by molar-refractivity contribution is 6.07. The summed E-state index contributed by atoms with van der Waals surface area (Å²) in [4.78, 5) is 11.9. The van der Waals surface area contributed by atoms with Crippen molar-refractivity contribution in [3.63, 3.8) is 0 Å². The molecule has 0 spiro atoms. The Labute approximate surface area is 117 Å². The molecule has 3 nitrogen and oxygen atoms in total. The third-order valence-electron chi connectivity index (χ3n) is 3.59. The van der Waals surface area contributed by atoms with Crippen molar-refractivity contribution in [2.24, 2.45) is 0 Å². The maximum atomic E-state index is 11.9. The molecule has 1 aliphatic rings. The lowest BCUT2D eigenvalue weighted by Crippen LogP contribution is -2.30. The number of methoxy groups -OCH3 is 1. The van der Waals surface area contributed by atoms with E-state index in [4.69, 9.17) is 4.74 Å². The van der Waals surface area contributed by atoms with Crippen molar-refractivity contribution in [1.29, 1.82) is 0 Å². The number of aliphatic hydroxyl groups is 1. The van der Waals surface area contributed by atoms with Crippen LogP contribution in [0.1, 0.15) is 21.5 Å². The second kappa shape index (κ2) is 4.62. The minimum Gasteiger partial charge on any atom is -0.497 e. The van der Waals surface area contributed by atoms with Crippen LogP contribution in [0.25, 0.3) is 0 Å². The Morgan fingerprint density at radius 3 is 2.70 bits per heavy atom. The van der Waals surface area contributed by atoms with Crippen LogP contribution in [0.4, 0.5) is 0 Å². The molecule has 100 valence electrons. The average molecular weight is 266 g/mol. The fourth-order valence-corrected chi connectivity index (χ4v) is 2.52. The molecule has 3 heteroatoms. The third kappa shape index (κ3) is 1.84. The summed E-state index contributed by atoms with van der Waals surface area (Å²) in [5.74, 6) is 0.576. The molecular weight excluding hydrogens is 252 g/mol. The van der Waals surface area contributed by atoms with Crippen LogP contribution in [0, 0.1) is 0 Å². The van der Waals surface area contributed by atoms with Crippen LogP contribution in [0.15, 0.2) is 60.7 Å². The van der Waals surface area contributed by atoms with Crippen LogP contribution in [0.3, 0.4) is 0 Å². The van der Waals surface area contributed by atoms with E-state index in [1.54, 1.807) is 31.4 Å². The first-order valence-electron chi connectivity index (χ1n) is 6.35. The highest BCUT2D eigenvalue weighted by Crippen LogP contribution is 2.37. The fraction of sp³-hybridized carbons (Fsp3) is 0.118. The molecule has 2 aromatic carbocycles. The number of rotatable bonds is 2. The van der Waals surface area contributed by atoms with Gasteiger partial charge in [-0.1, -0.05) is 36.4 Å². The number of hydrogen-bond acceptors (Lipinski definition) is 3. The number of fused-ring (bicyclic) bond motifs is 1. The van der Waals surface area contributed by atoms with Gasteiger partial charge in [0.15, 0.2) is 5.78 Å². The zero-order valence-electron chi connectivity index (χ0n) is 11.0. The molecule has 0 heterocycles. The summed E-state index contributed by atoms with van der Waals surface area (Å²) >= 11 is 0. The van der Waals surface area contributed by atoms with E-state index in [2.05, 4.69) is 0 Å². The van der Waals surface area contributed by atoms with Gasteiger partial charge in [-0.05, 0) is 29.8 Å². The standard InChI is InChI=1S/C17H14O3/c1-20-13-6-4-5-12(11-13)17(19)10-9-16(18)14-7-2-3-8-15(14)17/h2-11,19H,1H3. The highest BCUT2D eigenvalue weighted by atomic mass is 16.5. The number of allylic oxidation sites excluding steroid dienone is 1. The molecule has 3 rings (SSSR count). The van der Waals surface area contributed by atoms with Gasteiger partial charge in [0.25, 0.3) is 0 Å². The van der Waals surface area contributed by atoms with E-state index in [9.17, 15) is 9.90 Å². The summed E-state index contributed by atoms with van der Waals surface area (Å²) in [5, 5.41) is 11.0. The molecule has 0 fully saturated rings. The van der Waals surface area contributed by atoms with Crippen molar-refractivity contribution in [2.45, 2.75) is 5.60 Å². The maximum Gasteiger partial charge on any atom is 0.186 e. The van der Waals surface area contributed by atoms with Crippen LogP contribution in [0.5, 0.6) is 5.75 Å². The summed E-state index contributed by atoms with van der Waals surface area (Å²) in [5.41, 5.74) is 0.494. The van der Waals surface area contributed by atoms with E-state index in [0.717, 1.165) is 0 Å². The molecule has 0 aliphatic heterocycles. The van der Waals surface area contributed by atoms with Crippen molar-refractivity contribution in [2.75, 3.05) is 7.11 Å². The topological polar surface area (TPSA) is 46.5 Å². The number of benzene rings is 2. The van der Waals surface area contributed by atoms with Gasteiger partial charge in [-0.3, -0.25) is 4.79 Å². The van der Waals surface area contributed by atoms with Gasteiger partial charge in [-0.25, -0.2) is 0 Å². The predicted octanol–water partition coefficient (Wildman–Crippen LogP) is 2.68. The van der Waals surface area contributed by atoms with Crippen LogP contribution in [-0.2, 0) is 5.60 Å². The Morgan fingerprint density at radius 2 is 1.90 bits per heavy atom. The SMILES string of the molecule is COc1cccc(C2(O)C=CC(=O)c3ccccc32)c1. The lowest BCUT2D eigenvalue weighted by Gasteiger charge is -2.30. The van der Waals surface area contributed by atoms with Crippen molar-refractivity contribution < 1.29 is 14.6 Å². The second-order valence-corrected chi connectivity index (χ2v) is 4.74. The molecule has 2 aromatic rings. The van der Waals surface area contributed by atoms with E-state index in [1.807, 2.05) is 24.3 Å². The first-order valence-corrected chi connectivity index (χ1v) is 6.35. The van der Waals surface area contributed by atoms with E-state index in [1.165, 1.54) is 12.2 Å². The van der Waals surface area contributed by atoms with Gasteiger partial charge < -0.3 is 9.84 Å². The van der Waals surface area contributed by atoms with Crippen molar-refractivity contribution in [3.05, 3.63) is 77.4 Å². The molecule has 0 amide bonds. The number of ether oxygens (including phenoxy) is 1. The van der Waals surface area contributed by atoms with Gasteiger partial charge in [0.2, 0.25) is 0 Å². The minimum atomic E-state index is -1.31. The summed E-state index contributed by atoms with van der Waals surface area (Å²) in [7, 11) is 1.58. The van der Waals surface area contributed by atoms with E-state index in [-0.39, 0.29) is 5.78 Å². The molecule has 0 saturated heterocycles. The molecule has 0 bridgehead atoms. The van der Waals surface area contributed by atoms with Gasteiger partial charge in [0.05, 0.1) is 7.11 Å². The largest absolute Gasteiger partial charge is 0.497 e. The van der Waals surface area contributed by atoms with Crippen LogP contribution >= 0.6 is 0 Å². The fourth-order valence-electron chi connectivity index (χ4n) is 2.52. The van der Waals surface area contributed by atoms with Gasteiger partial charge in [-0.15, -0.1) is 0 Å². The smallest absolute Gasteiger partial charge is 0.186 e. The molecule has 1 unspecified atom stereocenters. The molecule has 1 atom stereocenters. The molecule has 1 aliphatic carbocycles. The zero-order valence-corrected chi connectivity index (χ0v) is 11.0. The van der Waals surface area contributed by atoms with E-state index < -0.39 is 5.60 Å². The molecule has 0 saturated carbocycles. The average Bonchev–Trinajstić information content (AvgIpc) is 2.51. The minimum absolute atomic E-state index is 0.0897. The van der Waals surface area contributed by atoms with Gasteiger partial charge in [0.1, 0.15) is 11.4 Å². The summed E-state index contributed by atoms with van der Waals surface area (Å²) in [6.45, 7) is 0. The van der Waals surface area contributed by atoms with Gasteiger partial charge >= 0.3 is 0 Å². The number of hydrogen-bond donors (Lipinski definition) is 1. The zero-order chi connectivity index (χ0) is 14.2. The van der Waals surface area contributed by atoms with Gasteiger partial charge in [-0.2, -0.15) is 0 Å². The maximum absolute atomic E-state index is 11.9.